The van der Waals surface area contributed by atoms with Crippen LogP contribution in [0.15, 0.2) is 57.9 Å². The lowest BCUT2D eigenvalue weighted by Crippen LogP contribution is -2.23. The molecule has 6 nitrogen and oxygen atoms in total. The van der Waals surface area contributed by atoms with Gasteiger partial charge in [-0.25, -0.2) is 9.37 Å². The summed E-state index contributed by atoms with van der Waals surface area (Å²) in [5, 5.41) is 7.30. The summed E-state index contributed by atoms with van der Waals surface area (Å²) in [5.41, 5.74) is 3.26. The van der Waals surface area contributed by atoms with Gasteiger partial charge in [0.25, 0.3) is 11.6 Å². The van der Waals surface area contributed by atoms with E-state index in [2.05, 4.69) is 15.5 Å². The van der Waals surface area contributed by atoms with Gasteiger partial charge in [0.05, 0.1) is 34.9 Å². The van der Waals surface area contributed by atoms with Crippen LogP contribution in [0.25, 0.3) is 22.4 Å². The maximum Gasteiger partial charge on any atom is 0.259 e. The van der Waals surface area contributed by atoms with E-state index >= 15 is 0 Å². The van der Waals surface area contributed by atoms with Crippen molar-refractivity contribution in [3.8, 4) is 11.3 Å². The van der Waals surface area contributed by atoms with Gasteiger partial charge in [0.15, 0.2) is 0 Å². The van der Waals surface area contributed by atoms with E-state index in [4.69, 9.17) is 8.94 Å². The second-order valence-corrected chi connectivity index (χ2v) is 5.82. The Kier molecular flexibility index (Phi) is 3.96. The van der Waals surface area contributed by atoms with Gasteiger partial charge in [-0.3, -0.25) is 4.79 Å². The third-order valence-corrected chi connectivity index (χ3v) is 4.03. The molecule has 3 aromatic heterocycles. The molecule has 26 heavy (non-hydrogen) atoms. The quantitative estimate of drug-likeness (QED) is 0.604. The van der Waals surface area contributed by atoms with Crippen LogP contribution in [0.4, 0.5) is 4.39 Å². The number of carbonyl (C=O) groups excluding carboxylic acids is 1. The van der Waals surface area contributed by atoms with Crippen LogP contribution in [0, 0.1) is 12.7 Å². The van der Waals surface area contributed by atoms with Crippen molar-refractivity contribution in [1.82, 2.24) is 15.5 Å². The molecule has 130 valence electrons. The number of nitrogens with one attached hydrogen (secondary N) is 1. The Bertz CT molecular complexity index is 1070. The Hall–Kier alpha value is -3.48. The molecule has 1 amide bonds. The van der Waals surface area contributed by atoms with Gasteiger partial charge in [-0.15, -0.1) is 0 Å². The van der Waals surface area contributed by atoms with Gasteiger partial charge in [0, 0.05) is 17.7 Å². The number of hydrogen-bond donors (Lipinski definition) is 1. The number of pyridine rings is 1. The molecule has 0 atom stereocenters. The minimum atomic E-state index is -0.344. The number of aryl methyl sites for hydroxylation is 1. The van der Waals surface area contributed by atoms with Crippen LogP contribution in [0.5, 0.6) is 0 Å². The Morgan fingerprint density at radius 1 is 1.23 bits per heavy atom. The topological polar surface area (TPSA) is 81.2 Å². The van der Waals surface area contributed by atoms with Crippen molar-refractivity contribution >= 4 is 17.0 Å². The third-order valence-electron chi connectivity index (χ3n) is 4.03. The van der Waals surface area contributed by atoms with E-state index in [1.165, 1.54) is 12.1 Å². The fourth-order valence-electron chi connectivity index (χ4n) is 2.71. The molecule has 0 radical (unpaired) electrons. The SMILES string of the molecule is Cc1noc2nc(-c3ccc(F)cc3)cc(C(=O)NCc3ccoc3)c12. The summed E-state index contributed by atoms with van der Waals surface area (Å²) in [6.07, 6.45) is 3.11. The summed E-state index contributed by atoms with van der Waals surface area (Å²) in [5.74, 6) is -0.628. The summed E-state index contributed by atoms with van der Waals surface area (Å²) in [6.45, 7) is 2.08. The van der Waals surface area contributed by atoms with Gasteiger partial charge in [-0.05, 0) is 43.3 Å². The second-order valence-electron chi connectivity index (χ2n) is 5.82. The predicted octanol–water partition coefficient (Wildman–Crippen LogP) is 3.86. The molecule has 0 bridgehead atoms. The molecule has 3 heterocycles. The van der Waals surface area contributed by atoms with Crippen LogP contribution < -0.4 is 5.32 Å². The number of halogens is 1. The Balaban J connectivity index is 1.75. The van der Waals surface area contributed by atoms with Crippen molar-refractivity contribution < 1.29 is 18.1 Å². The average molecular weight is 351 g/mol. The first-order valence-corrected chi connectivity index (χ1v) is 7.94. The van der Waals surface area contributed by atoms with Crippen molar-refractivity contribution in [2.75, 3.05) is 0 Å². The summed E-state index contributed by atoms with van der Waals surface area (Å²) < 4.78 is 23.4. The monoisotopic (exact) mass is 351 g/mol. The lowest BCUT2D eigenvalue weighted by Gasteiger charge is -2.08. The number of furan rings is 1. The summed E-state index contributed by atoms with van der Waals surface area (Å²) in [7, 11) is 0. The lowest BCUT2D eigenvalue weighted by molar-refractivity contribution is 0.0952. The number of nitrogens with zero attached hydrogens (tertiary/aromatic N) is 2. The molecule has 4 aromatic rings. The van der Waals surface area contributed by atoms with Crippen LogP contribution >= 0.6 is 0 Å². The van der Waals surface area contributed by atoms with E-state index < -0.39 is 0 Å². The number of fused-ring (bicyclic) bond motifs is 1. The van der Waals surface area contributed by atoms with E-state index in [1.807, 2.05) is 0 Å². The molecule has 4 rings (SSSR count). The zero-order chi connectivity index (χ0) is 18.1. The largest absolute Gasteiger partial charge is 0.472 e. The molecule has 0 saturated carbocycles. The molecular weight excluding hydrogens is 337 g/mol. The minimum absolute atomic E-state index is 0.262. The molecule has 0 fully saturated rings. The molecule has 1 aromatic carbocycles. The van der Waals surface area contributed by atoms with E-state index in [1.54, 1.807) is 43.7 Å². The molecule has 0 saturated heterocycles. The predicted molar refractivity (Wildman–Crippen MR) is 91.8 cm³/mol. The molecule has 0 unspecified atom stereocenters. The fourth-order valence-corrected chi connectivity index (χ4v) is 2.71. The van der Waals surface area contributed by atoms with Crippen molar-refractivity contribution in [3.63, 3.8) is 0 Å². The molecule has 0 aliphatic rings. The fraction of sp³-hybridized carbons (Fsp3) is 0.105. The van der Waals surface area contributed by atoms with Gasteiger partial charge >= 0.3 is 0 Å². The maximum atomic E-state index is 13.2. The van der Waals surface area contributed by atoms with E-state index in [-0.39, 0.29) is 17.4 Å². The molecule has 7 heteroatoms. The van der Waals surface area contributed by atoms with Gasteiger partial charge in [0.1, 0.15) is 5.82 Å². The van der Waals surface area contributed by atoms with Crippen molar-refractivity contribution in [2.24, 2.45) is 0 Å². The third kappa shape index (κ3) is 2.95. The first-order valence-electron chi connectivity index (χ1n) is 7.94. The second kappa shape index (κ2) is 6.44. The highest BCUT2D eigenvalue weighted by molar-refractivity contribution is 6.06. The highest BCUT2D eigenvalue weighted by atomic mass is 19.1. The van der Waals surface area contributed by atoms with Crippen LogP contribution in [0.3, 0.4) is 0 Å². The van der Waals surface area contributed by atoms with Gasteiger partial charge in [-0.1, -0.05) is 5.16 Å². The zero-order valence-corrected chi connectivity index (χ0v) is 13.8. The smallest absolute Gasteiger partial charge is 0.259 e. The van der Waals surface area contributed by atoms with Crippen LogP contribution in [0.1, 0.15) is 21.6 Å². The van der Waals surface area contributed by atoms with Gasteiger partial charge in [0.2, 0.25) is 0 Å². The number of benzene rings is 1. The molecule has 0 aliphatic heterocycles. The van der Waals surface area contributed by atoms with Crippen LogP contribution in [0.2, 0.25) is 0 Å². The average Bonchev–Trinajstić information content (AvgIpc) is 3.30. The zero-order valence-electron chi connectivity index (χ0n) is 13.8. The summed E-state index contributed by atoms with van der Waals surface area (Å²) in [4.78, 5) is 17.1. The van der Waals surface area contributed by atoms with Crippen molar-refractivity contribution in [1.29, 1.82) is 0 Å². The molecule has 0 aliphatic carbocycles. The first-order chi connectivity index (χ1) is 12.6. The number of rotatable bonds is 4. The number of hydrogen-bond acceptors (Lipinski definition) is 5. The van der Waals surface area contributed by atoms with E-state index in [0.717, 1.165) is 5.56 Å². The van der Waals surface area contributed by atoms with Gasteiger partial charge < -0.3 is 14.3 Å². The Labute approximate surface area is 147 Å². The minimum Gasteiger partial charge on any atom is -0.472 e. The van der Waals surface area contributed by atoms with Gasteiger partial charge in [-0.2, -0.15) is 0 Å². The van der Waals surface area contributed by atoms with Crippen molar-refractivity contribution in [2.45, 2.75) is 13.5 Å². The highest BCUT2D eigenvalue weighted by Gasteiger charge is 2.19. The standard InChI is InChI=1S/C19H14FN3O3/c1-11-17-15(18(24)21-9-12-6-7-25-10-12)8-16(22-19(17)26-23-11)13-2-4-14(20)5-3-13/h2-8,10H,9H2,1H3,(H,21,24). The van der Waals surface area contributed by atoms with E-state index in [9.17, 15) is 9.18 Å². The normalized spacial score (nSPS) is 11.0. The Morgan fingerprint density at radius 2 is 2.04 bits per heavy atom. The number of carbonyl (C=O) groups is 1. The van der Waals surface area contributed by atoms with Crippen molar-refractivity contribution in [3.05, 3.63) is 71.6 Å². The molecule has 0 spiro atoms. The summed E-state index contributed by atoms with van der Waals surface area (Å²) >= 11 is 0. The Morgan fingerprint density at radius 3 is 2.77 bits per heavy atom. The van der Waals surface area contributed by atoms with Crippen LogP contribution in [-0.2, 0) is 6.54 Å². The molecular formula is C19H14FN3O3. The van der Waals surface area contributed by atoms with E-state index in [0.29, 0.717) is 34.4 Å². The first kappa shape index (κ1) is 16.0. The summed E-state index contributed by atoms with van der Waals surface area (Å²) in [6, 6.07) is 9.30. The van der Waals surface area contributed by atoms with Crippen LogP contribution in [-0.4, -0.2) is 16.0 Å². The maximum absolute atomic E-state index is 13.2. The number of aromatic nitrogens is 2. The lowest BCUT2D eigenvalue weighted by atomic mass is 10.0. The molecule has 1 N–H and O–H groups in total. The number of amides is 1. The highest BCUT2D eigenvalue weighted by Crippen LogP contribution is 2.27.